The van der Waals surface area contributed by atoms with Gasteiger partial charge in [0.05, 0.1) is 11.4 Å². The van der Waals surface area contributed by atoms with Crippen LogP contribution in [0.5, 0.6) is 5.75 Å². The molecule has 3 rings (SSSR count). The summed E-state index contributed by atoms with van der Waals surface area (Å²) in [5.74, 6) is -13.4. The van der Waals surface area contributed by atoms with E-state index in [0.717, 1.165) is 0 Å². The van der Waals surface area contributed by atoms with Gasteiger partial charge in [0.2, 0.25) is 17.5 Å². The number of hydrogen-bond donors (Lipinski definition) is 3. The highest BCUT2D eigenvalue weighted by Crippen LogP contribution is 2.28. The van der Waals surface area contributed by atoms with Crippen LogP contribution in [0.15, 0.2) is 40.9 Å². The number of carbonyl (C=O) groups is 4. The van der Waals surface area contributed by atoms with Crippen LogP contribution in [0.4, 0.5) is 17.6 Å². The average molecular weight is 572 g/mol. The number of amides is 2. The lowest BCUT2D eigenvalue weighted by molar-refractivity contribution is -0.140. The van der Waals surface area contributed by atoms with Gasteiger partial charge >= 0.3 is 5.97 Å². The number of nitrogens with zero attached hydrogens (tertiary/aromatic N) is 1. The fourth-order valence-corrected chi connectivity index (χ4v) is 3.37. The van der Waals surface area contributed by atoms with Crippen LogP contribution in [0.3, 0.4) is 0 Å². The predicted molar refractivity (Wildman–Crippen MR) is 125 cm³/mol. The molecule has 2 atom stereocenters. The quantitative estimate of drug-likeness (QED) is 0.235. The maximum absolute atomic E-state index is 13.8. The Morgan fingerprint density at radius 2 is 1.69 bits per heavy atom. The minimum Gasteiger partial charge on any atom is -0.481 e. The Bertz CT molecular complexity index is 1410. The smallest absolute Gasteiger partial charge is 0.305 e. The van der Waals surface area contributed by atoms with Crippen LogP contribution in [0.1, 0.15) is 23.8 Å². The highest BCUT2D eigenvalue weighted by Gasteiger charge is 2.29. The molecule has 0 saturated carbocycles. The van der Waals surface area contributed by atoms with Crippen molar-refractivity contribution in [2.75, 3.05) is 6.61 Å². The van der Waals surface area contributed by atoms with Crippen LogP contribution in [0.25, 0.3) is 11.3 Å². The maximum Gasteiger partial charge on any atom is 0.305 e. The van der Waals surface area contributed by atoms with Crippen molar-refractivity contribution in [3.05, 3.63) is 70.4 Å². The normalized spacial score (nSPS) is 12.4. The number of Topliss-reactive ketones (excluding diaryl/α,β-unsaturated/α-hetero) is 1. The summed E-state index contributed by atoms with van der Waals surface area (Å²) in [6.45, 7) is -0.0408. The molecule has 0 spiro atoms. The molecule has 1 aromatic heterocycles. The van der Waals surface area contributed by atoms with Crippen LogP contribution in [0, 0.1) is 23.3 Å². The second kappa shape index (κ2) is 12.4. The number of ether oxygens (including phenoxy) is 1. The molecular weight excluding hydrogens is 554 g/mol. The summed E-state index contributed by atoms with van der Waals surface area (Å²) in [6.07, 6.45) is -0.985. The van der Waals surface area contributed by atoms with Gasteiger partial charge in [-0.15, -0.1) is 0 Å². The third kappa shape index (κ3) is 7.10. The Balaban J connectivity index is 1.64. The number of carboxylic acids is 1. The van der Waals surface area contributed by atoms with Crippen molar-refractivity contribution in [1.82, 2.24) is 15.8 Å². The number of carboxylic acid groups (broad SMARTS) is 1. The van der Waals surface area contributed by atoms with Crippen LogP contribution < -0.4 is 15.4 Å². The fraction of sp³-hybridized carbons (Fsp3) is 0.208. The Kier molecular flexibility index (Phi) is 9.24. The first-order valence-corrected chi connectivity index (χ1v) is 11.3. The van der Waals surface area contributed by atoms with E-state index in [-0.39, 0.29) is 17.5 Å². The van der Waals surface area contributed by atoms with Gasteiger partial charge in [-0.25, -0.2) is 8.78 Å². The monoisotopic (exact) mass is 571 g/mol. The van der Waals surface area contributed by atoms with Crippen LogP contribution in [-0.4, -0.2) is 52.5 Å². The molecule has 0 aliphatic carbocycles. The first-order chi connectivity index (χ1) is 18.4. The molecule has 10 nitrogen and oxygen atoms in total. The zero-order valence-electron chi connectivity index (χ0n) is 19.8. The number of aliphatic carboxylic acids is 1. The molecular formula is C24H18ClF4N3O7. The second-order valence-electron chi connectivity index (χ2n) is 7.96. The molecule has 0 saturated heterocycles. The van der Waals surface area contributed by atoms with Gasteiger partial charge in [-0.3, -0.25) is 19.2 Å². The SMILES string of the molecule is CC(NC(=O)c1cc(-c2ccccc2Cl)on1)C(=O)NC(CC(=O)O)C(=O)COc1c(F)c(F)cc(F)c1F. The summed E-state index contributed by atoms with van der Waals surface area (Å²) in [7, 11) is 0. The van der Waals surface area contributed by atoms with Crippen LogP contribution in [-0.2, 0) is 14.4 Å². The first-order valence-electron chi connectivity index (χ1n) is 10.9. The van der Waals surface area contributed by atoms with Crippen molar-refractivity contribution < 1.29 is 51.1 Å². The highest BCUT2D eigenvalue weighted by molar-refractivity contribution is 6.33. The molecule has 0 radical (unpaired) electrons. The highest BCUT2D eigenvalue weighted by atomic mass is 35.5. The number of ketones is 1. The lowest BCUT2D eigenvalue weighted by Gasteiger charge is -2.19. The molecule has 3 N–H and O–H groups in total. The average Bonchev–Trinajstić information content (AvgIpc) is 3.37. The summed E-state index contributed by atoms with van der Waals surface area (Å²) in [6, 6.07) is 4.64. The standard InChI is InChI=1S/C24H18ClF4N3O7/c1-10(30-24(37)16-7-18(39-32-16)11-4-2-3-5-12(11)25)23(36)31-15(8-19(34)35)17(33)9-38-22-20(28)13(26)6-14(27)21(22)29/h2-7,10,15H,8-9H2,1H3,(H,30,37)(H,31,36)(H,34,35). The van der Waals surface area contributed by atoms with E-state index in [1.165, 1.54) is 13.0 Å². The number of benzene rings is 2. The molecule has 0 aliphatic heterocycles. The second-order valence-corrected chi connectivity index (χ2v) is 8.37. The van der Waals surface area contributed by atoms with Crippen LogP contribution >= 0.6 is 11.6 Å². The van der Waals surface area contributed by atoms with E-state index >= 15 is 0 Å². The summed E-state index contributed by atoms with van der Waals surface area (Å²) in [4.78, 5) is 48.7. The Labute approximate surface area is 221 Å². The van der Waals surface area contributed by atoms with Gasteiger partial charge in [0.1, 0.15) is 18.7 Å². The summed E-state index contributed by atoms with van der Waals surface area (Å²) in [5.41, 5.74) is 0.233. The van der Waals surface area contributed by atoms with Gasteiger partial charge in [-0.1, -0.05) is 28.9 Å². The molecule has 15 heteroatoms. The van der Waals surface area contributed by atoms with E-state index in [4.69, 9.17) is 21.2 Å². The van der Waals surface area contributed by atoms with Crippen molar-refractivity contribution in [3.8, 4) is 17.1 Å². The number of carbonyl (C=O) groups excluding carboxylic acids is 3. The Morgan fingerprint density at radius 1 is 1.05 bits per heavy atom. The third-order valence-corrected chi connectivity index (χ3v) is 5.47. The maximum atomic E-state index is 13.8. The molecule has 3 aromatic rings. The molecule has 0 aliphatic rings. The van der Waals surface area contributed by atoms with Gasteiger partial charge in [-0.2, -0.15) is 8.78 Å². The van der Waals surface area contributed by atoms with Crippen molar-refractivity contribution >= 4 is 35.2 Å². The van der Waals surface area contributed by atoms with Crippen molar-refractivity contribution in [1.29, 1.82) is 0 Å². The summed E-state index contributed by atoms with van der Waals surface area (Å²) in [5, 5.41) is 17.4. The van der Waals surface area contributed by atoms with E-state index in [2.05, 4.69) is 20.5 Å². The molecule has 39 heavy (non-hydrogen) atoms. The van der Waals surface area contributed by atoms with Crippen LogP contribution in [0.2, 0.25) is 5.02 Å². The molecule has 2 unspecified atom stereocenters. The minimum atomic E-state index is -1.91. The van der Waals surface area contributed by atoms with E-state index in [0.29, 0.717) is 10.6 Å². The van der Waals surface area contributed by atoms with Gasteiger partial charge in [0, 0.05) is 17.7 Å². The lowest BCUT2D eigenvalue weighted by atomic mass is 10.1. The number of halogens is 5. The minimum absolute atomic E-state index is 0.0703. The molecule has 2 amide bonds. The van der Waals surface area contributed by atoms with Crippen molar-refractivity contribution in [2.45, 2.75) is 25.4 Å². The zero-order valence-corrected chi connectivity index (χ0v) is 20.5. The Morgan fingerprint density at radius 3 is 2.31 bits per heavy atom. The van der Waals surface area contributed by atoms with E-state index in [1.807, 2.05) is 0 Å². The fourth-order valence-electron chi connectivity index (χ4n) is 3.14. The number of nitrogens with one attached hydrogen (secondary N) is 2. The first kappa shape index (κ1) is 29.1. The molecule has 0 bridgehead atoms. The summed E-state index contributed by atoms with van der Waals surface area (Å²) >= 11 is 6.08. The van der Waals surface area contributed by atoms with Gasteiger partial charge < -0.3 is 25.0 Å². The van der Waals surface area contributed by atoms with Crippen molar-refractivity contribution in [3.63, 3.8) is 0 Å². The van der Waals surface area contributed by atoms with E-state index in [1.54, 1.807) is 24.3 Å². The number of aromatic nitrogens is 1. The number of rotatable bonds is 11. The molecule has 0 fully saturated rings. The Hall–Kier alpha value is -4.46. The lowest BCUT2D eigenvalue weighted by Crippen LogP contribution is -2.51. The van der Waals surface area contributed by atoms with Crippen molar-refractivity contribution in [2.24, 2.45) is 0 Å². The van der Waals surface area contributed by atoms with E-state index < -0.39 is 77.7 Å². The van der Waals surface area contributed by atoms with Gasteiger partial charge in [0.25, 0.3) is 5.91 Å². The molecule has 1 heterocycles. The van der Waals surface area contributed by atoms with E-state index in [9.17, 15) is 36.7 Å². The topological polar surface area (TPSA) is 148 Å². The zero-order chi connectivity index (χ0) is 28.9. The molecule has 206 valence electrons. The summed E-state index contributed by atoms with van der Waals surface area (Å²) < 4.78 is 63.8. The van der Waals surface area contributed by atoms with Gasteiger partial charge in [-0.05, 0) is 19.1 Å². The largest absolute Gasteiger partial charge is 0.481 e. The predicted octanol–water partition coefficient (Wildman–Crippen LogP) is 3.28. The number of hydrogen-bond acceptors (Lipinski definition) is 7. The molecule has 2 aromatic carbocycles. The van der Waals surface area contributed by atoms with Gasteiger partial charge in [0.15, 0.2) is 34.6 Å². The third-order valence-electron chi connectivity index (χ3n) is 5.14.